The van der Waals surface area contributed by atoms with Crippen molar-refractivity contribution in [2.75, 3.05) is 32.8 Å². The first-order valence-electron chi connectivity index (χ1n) is 6.61. The van der Waals surface area contributed by atoms with Crippen molar-refractivity contribution in [1.29, 1.82) is 5.41 Å². The lowest BCUT2D eigenvalue weighted by atomic mass is 10.1. The summed E-state index contributed by atoms with van der Waals surface area (Å²) in [6, 6.07) is 0. The van der Waals surface area contributed by atoms with Crippen LogP contribution in [0.1, 0.15) is 34.1 Å². The van der Waals surface area contributed by atoms with Crippen LogP contribution in [0, 0.1) is 17.2 Å². The maximum Gasteiger partial charge on any atom is 0.0947 e. The van der Waals surface area contributed by atoms with Crippen LogP contribution in [0.25, 0.3) is 0 Å². The molecule has 0 saturated carbocycles. The summed E-state index contributed by atoms with van der Waals surface area (Å²) in [6.07, 6.45) is 1.12. The van der Waals surface area contributed by atoms with E-state index in [0.29, 0.717) is 5.92 Å². The predicted molar refractivity (Wildman–Crippen MR) is 73.5 cm³/mol. The summed E-state index contributed by atoms with van der Waals surface area (Å²) in [7, 11) is 0. The molecule has 0 aliphatic heterocycles. The third kappa shape index (κ3) is 9.12. The van der Waals surface area contributed by atoms with Crippen molar-refractivity contribution in [3.05, 3.63) is 0 Å². The molecule has 3 N–H and O–H groups in total. The zero-order valence-electron chi connectivity index (χ0n) is 11.8. The largest absolute Gasteiger partial charge is 0.387 e. The average Bonchev–Trinajstić information content (AvgIpc) is 2.26. The number of hydrogen-bond donors (Lipinski definition) is 2. The van der Waals surface area contributed by atoms with Gasteiger partial charge in [-0.1, -0.05) is 27.7 Å². The predicted octanol–water partition coefficient (Wildman–Crippen LogP) is 1.94. The zero-order chi connectivity index (χ0) is 13.3. The van der Waals surface area contributed by atoms with E-state index < -0.39 is 0 Å². The van der Waals surface area contributed by atoms with Gasteiger partial charge in [0.05, 0.1) is 12.4 Å². The van der Waals surface area contributed by atoms with Crippen molar-refractivity contribution in [1.82, 2.24) is 4.90 Å². The van der Waals surface area contributed by atoms with Gasteiger partial charge in [0.1, 0.15) is 0 Å². The van der Waals surface area contributed by atoms with Crippen molar-refractivity contribution in [2.45, 2.75) is 34.1 Å². The second kappa shape index (κ2) is 9.42. The topological polar surface area (TPSA) is 62.3 Å². The lowest BCUT2D eigenvalue weighted by Crippen LogP contribution is -2.36. The van der Waals surface area contributed by atoms with Crippen molar-refractivity contribution >= 4 is 5.84 Å². The van der Waals surface area contributed by atoms with Crippen LogP contribution in [0.3, 0.4) is 0 Å². The van der Waals surface area contributed by atoms with Crippen LogP contribution in [-0.4, -0.2) is 43.6 Å². The third-order valence-electron chi connectivity index (χ3n) is 2.90. The third-order valence-corrected chi connectivity index (χ3v) is 2.90. The van der Waals surface area contributed by atoms with Crippen LogP contribution >= 0.6 is 0 Å². The van der Waals surface area contributed by atoms with Gasteiger partial charge >= 0.3 is 0 Å². The van der Waals surface area contributed by atoms with Crippen LogP contribution in [-0.2, 0) is 4.74 Å². The molecule has 0 spiro atoms. The van der Waals surface area contributed by atoms with Gasteiger partial charge in [-0.2, -0.15) is 0 Å². The van der Waals surface area contributed by atoms with E-state index in [2.05, 4.69) is 25.7 Å². The number of nitrogens with two attached hydrogens (primary N) is 1. The first-order valence-corrected chi connectivity index (χ1v) is 6.61. The van der Waals surface area contributed by atoms with E-state index in [9.17, 15) is 0 Å². The number of hydrogen-bond acceptors (Lipinski definition) is 3. The Morgan fingerprint density at radius 1 is 1.29 bits per heavy atom. The first kappa shape index (κ1) is 16.4. The summed E-state index contributed by atoms with van der Waals surface area (Å²) < 4.78 is 5.59. The maximum absolute atomic E-state index is 7.38. The molecular formula is C13H29N3O. The lowest BCUT2D eigenvalue weighted by molar-refractivity contribution is 0.0956. The molecule has 0 rings (SSSR count). The Morgan fingerprint density at radius 2 is 1.94 bits per heavy atom. The van der Waals surface area contributed by atoms with Crippen LogP contribution in [0.15, 0.2) is 0 Å². The molecule has 0 amide bonds. The first-order chi connectivity index (χ1) is 7.97. The standard InChI is InChI=1S/C13H29N3O/c1-5-16(10-12(4)13(14)15)7-9-17-8-6-11(2)3/h11-12H,5-10H2,1-4H3,(H3,14,15). The molecule has 0 saturated heterocycles. The van der Waals surface area contributed by atoms with Crippen LogP contribution in [0.4, 0.5) is 0 Å². The smallest absolute Gasteiger partial charge is 0.0947 e. The lowest BCUT2D eigenvalue weighted by Gasteiger charge is -2.23. The van der Waals surface area contributed by atoms with Gasteiger partial charge in [0.25, 0.3) is 0 Å². The summed E-state index contributed by atoms with van der Waals surface area (Å²) in [5.41, 5.74) is 5.47. The minimum Gasteiger partial charge on any atom is -0.387 e. The summed E-state index contributed by atoms with van der Waals surface area (Å²) in [4.78, 5) is 2.28. The molecule has 102 valence electrons. The second-order valence-corrected chi connectivity index (χ2v) is 5.04. The molecule has 0 heterocycles. The van der Waals surface area contributed by atoms with E-state index in [1.165, 1.54) is 0 Å². The van der Waals surface area contributed by atoms with Crippen LogP contribution in [0.2, 0.25) is 0 Å². The Morgan fingerprint density at radius 3 is 2.41 bits per heavy atom. The molecule has 0 radical (unpaired) electrons. The molecule has 4 nitrogen and oxygen atoms in total. The highest BCUT2D eigenvalue weighted by Crippen LogP contribution is 2.01. The molecule has 17 heavy (non-hydrogen) atoms. The molecule has 0 fully saturated rings. The van der Waals surface area contributed by atoms with Gasteiger partial charge in [-0.15, -0.1) is 0 Å². The summed E-state index contributed by atoms with van der Waals surface area (Å²) in [6.45, 7) is 12.9. The monoisotopic (exact) mass is 243 g/mol. The number of ether oxygens (including phenoxy) is 1. The minimum absolute atomic E-state index is 0.130. The number of nitrogens with one attached hydrogen (secondary N) is 1. The van der Waals surface area contributed by atoms with Crippen LogP contribution < -0.4 is 5.73 Å². The fourth-order valence-electron chi connectivity index (χ4n) is 1.48. The fraction of sp³-hybridized carbons (Fsp3) is 0.923. The Bertz CT molecular complexity index is 207. The Balaban J connectivity index is 3.64. The van der Waals surface area contributed by atoms with Crippen molar-refractivity contribution < 1.29 is 4.74 Å². The number of amidine groups is 1. The van der Waals surface area contributed by atoms with Gasteiger partial charge in [0.2, 0.25) is 0 Å². The molecule has 1 unspecified atom stereocenters. The molecule has 0 aromatic carbocycles. The molecule has 0 aromatic heterocycles. The van der Waals surface area contributed by atoms with Gasteiger partial charge < -0.3 is 15.4 Å². The summed E-state index contributed by atoms with van der Waals surface area (Å²) >= 11 is 0. The van der Waals surface area contributed by atoms with Crippen LogP contribution in [0.5, 0.6) is 0 Å². The Hall–Kier alpha value is -0.610. The van der Waals surface area contributed by atoms with E-state index in [0.717, 1.165) is 39.3 Å². The highest BCUT2D eigenvalue weighted by molar-refractivity contribution is 5.79. The fourth-order valence-corrected chi connectivity index (χ4v) is 1.48. The maximum atomic E-state index is 7.38. The molecule has 4 heteroatoms. The average molecular weight is 243 g/mol. The van der Waals surface area contributed by atoms with Gasteiger partial charge in [-0.05, 0) is 18.9 Å². The van der Waals surface area contributed by atoms with E-state index >= 15 is 0 Å². The quantitative estimate of drug-likeness (QED) is 0.350. The summed E-state index contributed by atoms with van der Waals surface area (Å²) in [5.74, 6) is 1.10. The molecular weight excluding hydrogens is 214 g/mol. The minimum atomic E-state index is 0.130. The number of likely N-dealkylation sites (N-methyl/N-ethyl adjacent to an activating group) is 1. The van der Waals surface area contributed by atoms with E-state index in [4.69, 9.17) is 15.9 Å². The van der Waals surface area contributed by atoms with E-state index in [1.807, 2.05) is 6.92 Å². The number of nitrogens with zero attached hydrogens (tertiary/aromatic N) is 1. The molecule has 0 aromatic rings. The Labute approximate surface area is 106 Å². The SMILES string of the molecule is CCN(CCOCCC(C)C)CC(C)C(=N)N. The Kier molecular flexibility index (Phi) is 9.09. The second-order valence-electron chi connectivity index (χ2n) is 5.04. The van der Waals surface area contributed by atoms with Crippen molar-refractivity contribution in [3.8, 4) is 0 Å². The van der Waals surface area contributed by atoms with Crippen molar-refractivity contribution in [3.63, 3.8) is 0 Å². The van der Waals surface area contributed by atoms with Gasteiger partial charge in [-0.3, -0.25) is 5.41 Å². The molecule has 0 aliphatic carbocycles. The normalized spacial score (nSPS) is 13.3. The van der Waals surface area contributed by atoms with Gasteiger partial charge in [-0.25, -0.2) is 0 Å². The van der Waals surface area contributed by atoms with Gasteiger partial charge in [0, 0.05) is 25.6 Å². The summed E-state index contributed by atoms with van der Waals surface area (Å²) in [5, 5.41) is 7.38. The number of rotatable bonds is 10. The van der Waals surface area contributed by atoms with Crippen molar-refractivity contribution in [2.24, 2.45) is 17.6 Å². The molecule has 1 atom stereocenters. The highest BCUT2D eigenvalue weighted by Gasteiger charge is 2.10. The van der Waals surface area contributed by atoms with E-state index in [1.54, 1.807) is 0 Å². The highest BCUT2D eigenvalue weighted by atomic mass is 16.5. The van der Waals surface area contributed by atoms with E-state index in [-0.39, 0.29) is 11.8 Å². The van der Waals surface area contributed by atoms with Gasteiger partial charge in [0.15, 0.2) is 0 Å². The molecule has 0 bridgehead atoms. The molecule has 0 aliphatic rings. The zero-order valence-corrected chi connectivity index (χ0v) is 11.8.